The van der Waals surface area contributed by atoms with Crippen molar-refractivity contribution in [1.82, 2.24) is 9.55 Å². The average molecular weight is 429 g/mol. The maximum absolute atomic E-state index is 12.8. The van der Waals surface area contributed by atoms with Gasteiger partial charge in [0, 0.05) is 18.4 Å². The Hall–Kier alpha value is -2.70. The van der Waals surface area contributed by atoms with Crippen molar-refractivity contribution in [3.05, 3.63) is 39.8 Å². The van der Waals surface area contributed by atoms with Gasteiger partial charge in [0.25, 0.3) is 0 Å². The topological polar surface area (TPSA) is 87.5 Å². The predicted octanol–water partition coefficient (Wildman–Crippen LogP) is 3.89. The molecule has 2 aromatic rings. The van der Waals surface area contributed by atoms with Crippen LogP contribution in [-0.2, 0) is 20.8 Å². The summed E-state index contributed by atoms with van der Waals surface area (Å²) in [6.45, 7) is 10.2. The van der Waals surface area contributed by atoms with Crippen LogP contribution in [0.3, 0.4) is 0 Å². The number of carbonyl (C=O) groups is 2. The number of esters is 2. The zero-order chi connectivity index (χ0) is 22.7. The van der Waals surface area contributed by atoms with Crippen molar-refractivity contribution >= 4 is 23.0 Å². The van der Waals surface area contributed by atoms with Crippen molar-refractivity contribution in [2.75, 3.05) is 6.61 Å². The van der Waals surface area contributed by atoms with E-state index in [1.165, 1.54) is 6.20 Å². The molecule has 1 fully saturated rings. The minimum Gasteiger partial charge on any atom is -0.460 e. The number of nitrogens with zero attached hydrogens (tertiary/aromatic N) is 2. The lowest BCUT2D eigenvalue weighted by Gasteiger charge is -2.36. The fourth-order valence-electron chi connectivity index (χ4n) is 4.40. The normalized spacial score (nSPS) is 21.3. The van der Waals surface area contributed by atoms with E-state index < -0.39 is 24.0 Å². The van der Waals surface area contributed by atoms with Crippen LogP contribution in [0.5, 0.6) is 0 Å². The van der Waals surface area contributed by atoms with Crippen LogP contribution < -0.4 is 5.43 Å². The molecule has 31 heavy (non-hydrogen) atoms. The second-order valence-electron chi connectivity index (χ2n) is 8.91. The first kappa shape index (κ1) is 23.0. The highest BCUT2D eigenvalue weighted by molar-refractivity contribution is 5.94. The lowest BCUT2D eigenvalue weighted by molar-refractivity contribution is -0.159. The molecule has 3 rings (SSSR count). The molecule has 168 valence electrons. The van der Waals surface area contributed by atoms with E-state index in [0.29, 0.717) is 35.3 Å². The summed E-state index contributed by atoms with van der Waals surface area (Å²) in [5.41, 5.74) is 0.740. The molecule has 1 saturated carbocycles. The summed E-state index contributed by atoms with van der Waals surface area (Å²) in [5.74, 6) is -0.187. The van der Waals surface area contributed by atoms with Gasteiger partial charge in [-0.15, -0.1) is 0 Å². The SMILES string of the molecule is CCn1cc(C(=O)OCC(=O)O[C@H]2C[C@H](C)CC[C@@H]2C(C)C)c(=O)c2ccc(C)nc21. The van der Waals surface area contributed by atoms with Crippen molar-refractivity contribution in [3.63, 3.8) is 0 Å². The Bertz CT molecular complexity index is 1030. The number of carbonyl (C=O) groups excluding carboxylic acids is 2. The number of fused-ring (bicyclic) bond motifs is 1. The molecule has 0 N–H and O–H groups in total. The number of hydrogen-bond acceptors (Lipinski definition) is 6. The highest BCUT2D eigenvalue weighted by Gasteiger charge is 2.33. The molecule has 0 aliphatic heterocycles. The van der Waals surface area contributed by atoms with Gasteiger partial charge in [0.2, 0.25) is 5.43 Å². The van der Waals surface area contributed by atoms with Crippen LogP contribution >= 0.6 is 0 Å². The zero-order valence-corrected chi connectivity index (χ0v) is 19.0. The van der Waals surface area contributed by atoms with E-state index in [2.05, 4.69) is 25.8 Å². The zero-order valence-electron chi connectivity index (χ0n) is 19.0. The Morgan fingerprint density at radius 2 is 2.00 bits per heavy atom. The molecule has 0 spiro atoms. The number of ether oxygens (including phenoxy) is 2. The predicted molar refractivity (Wildman–Crippen MR) is 118 cm³/mol. The summed E-state index contributed by atoms with van der Waals surface area (Å²) in [6.07, 6.45) is 4.26. The summed E-state index contributed by atoms with van der Waals surface area (Å²) in [5, 5.41) is 0.348. The molecule has 7 heteroatoms. The van der Waals surface area contributed by atoms with Gasteiger partial charge in [0.05, 0.1) is 5.39 Å². The van der Waals surface area contributed by atoms with Gasteiger partial charge in [-0.05, 0) is 56.6 Å². The average Bonchev–Trinajstić information content (AvgIpc) is 2.72. The maximum atomic E-state index is 12.8. The molecule has 2 aromatic heterocycles. The van der Waals surface area contributed by atoms with Gasteiger partial charge in [-0.3, -0.25) is 4.79 Å². The third kappa shape index (κ3) is 5.14. The number of aryl methyl sites for hydroxylation is 2. The first-order valence-corrected chi connectivity index (χ1v) is 11.1. The Morgan fingerprint density at radius 1 is 1.26 bits per heavy atom. The van der Waals surface area contributed by atoms with Gasteiger partial charge >= 0.3 is 11.9 Å². The van der Waals surface area contributed by atoms with Gasteiger partial charge in [0.1, 0.15) is 17.3 Å². The molecule has 7 nitrogen and oxygen atoms in total. The third-order valence-electron chi connectivity index (χ3n) is 6.19. The van der Waals surface area contributed by atoms with E-state index in [1.807, 2.05) is 13.8 Å². The molecule has 0 radical (unpaired) electrons. The fourth-order valence-corrected chi connectivity index (χ4v) is 4.40. The molecule has 3 atom stereocenters. The second-order valence-corrected chi connectivity index (χ2v) is 8.91. The molecule has 2 heterocycles. The van der Waals surface area contributed by atoms with Crippen LogP contribution in [0.2, 0.25) is 0 Å². The first-order chi connectivity index (χ1) is 14.7. The molecular formula is C24H32N2O5. The van der Waals surface area contributed by atoms with Gasteiger partial charge in [0.15, 0.2) is 6.61 Å². The lowest BCUT2D eigenvalue weighted by Crippen LogP contribution is -2.37. The van der Waals surface area contributed by atoms with E-state index >= 15 is 0 Å². The molecular weight excluding hydrogens is 396 g/mol. The summed E-state index contributed by atoms with van der Waals surface area (Å²) < 4.78 is 12.6. The molecule has 1 aliphatic rings. The van der Waals surface area contributed by atoms with E-state index in [0.717, 1.165) is 25.0 Å². The molecule has 0 saturated heterocycles. The minimum atomic E-state index is -0.830. The summed E-state index contributed by atoms with van der Waals surface area (Å²) >= 11 is 0. The van der Waals surface area contributed by atoms with E-state index in [9.17, 15) is 14.4 Å². The van der Waals surface area contributed by atoms with Gasteiger partial charge in [-0.2, -0.15) is 0 Å². The largest absolute Gasteiger partial charge is 0.460 e. The number of aromatic nitrogens is 2. The van der Waals surface area contributed by atoms with Crippen molar-refractivity contribution in [2.24, 2.45) is 17.8 Å². The van der Waals surface area contributed by atoms with E-state index in [4.69, 9.17) is 9.47 Å². The smallest absolute Gasteiger partial charge is 0.344 e. The van der Waals surface area contributed by atoms with Crippen LogP contribution in [0.15, 0.2) is 23.1 Å². The quantitative estimate of drug-likeness (QED) is 0.649. The van der Waals surface area contributed by atoms with Gasteiger partial charge in [-0.25, -0.2) is 14.6 Å². The Balaban J connectivity index is 1.71. The number of pyridine rings is 2. The van der Waals surface area contributed by atoms with E-state index in [1.54, 1.807) is 16.7 Å². The molecule has 0 unspecified atom stereocenters. The molecule has 0 aromatic carbocycles. The summed E-state index contributed by atoms with van der Waals surface area (Å²) in [6, 6.07) is 3.39. The Labute approximate surface area is 182 Å². The highest BCUT2D eigenvalue weighted by Crippen LogP contribution is 2.35. The molecule has 0 bridgehead atoms. The summed E-state index contributed by atoms with van der Waals surface area (Å²) in [4.78, 5) is 42.2. The monoisotopic (exact) mass is 428 g/mol. The van der Waals surface area contributed by atoms with Crippen LogP contribution in [-0.4, -0.2) is 34.2 Å². The van der Waals surface area contributed by atoms with Crippen molar-refractivity contribution < 1.29 is 19.1 Å². The van der Waals surface area contributed by atoms with Crippen molar-refractivity contribution in [1.29, 1.82) is 0 Å². The molecule has 0 amide bonds. The fraction of sp³-hybridized carbons (Fsp3) is 0.583. The number of hydrogen-bond donors (Lipinski definition) is 0. The van der Waals surface area contributed by atoms with Crippen LogP contribution in [0.4, 0.5) is 0 Å². The van der Waals surface area contributed by atoms with Crippen molar-refractivity contribution in [2.45, 2.75) is 66.5 Å². The van der Waals surface area contributed by atoms with Gasteiger partial charge in [-0.1, -0.05) is 27.2 Å². The number of rotatable bonds is 6. The van der Waals surface area contributed by atoms with Crippen LogP contribution in [0.25, 0.3) is 11.0 Å². The van der Waals surface area contributed by atoms with Gasteiger partial charge < -0.3 is 14.0 Å². The van der Waals surface area contributed by atoms with Crippen LogP contribution in [0, 0.1) is 24.7 Å². The Kier molecular flexibility index (Phi) is 7.13. The van der Waals surface area contributed by atoms with Crippen LogP contribution in [0.1, 0.15) is 63.0 Å². The highest BCUT2D eigenvalue weighted by atomic mass is 16.6. The lowest BCUT2D eigenvalue weighted by atomic mass is 9.75. The Morgan fingerprint density at radius 3 is 2.68 bits per heavy atom. The standard InChI is InChI=1S/C24H32N2O5/c1-6-26-12-19(22(28)18-10-8-16(5)25-23(18)26)24(29)30-13-21(27)31-20-11-15(4)7-9-17(20)14(2)3/h8,10,12,14-15,17,20H,6-7,9,11,13H2,1-5H3/t15-,17-,20+/m1/s1. The molecule has 1 aliphatic carbocycles. The van der Waals surface area contributed by atoms with Crippen molar-refractivity contribution in [3.8, 4) is 0 Å². The third-order valence-corrected chi connectivity index (χ3v) is 6.19. The summed E-state index contributed by atoms with van der Waals surface area (Å²) in [7, 11) is 0. The first-order valence-electron chi connectivity index (χ1n) is 11.1. The second kappa shape index (κ2) is 9.62. The minimum absolute atomic E-state index is 0.112. The maximum Gasteiger partial charge on any atom is 0.344 e. The van der Waals surface area contributed by atoms with E-state index in [-0.39, 0.29) is 11.7 Å².